The molecule has 1 saturated heterocycles. The van der Waals surface area contributed by atoms with Gasteiger partial charge in [-0.3, -0.25) is 9.69 Å². The van der Waals surface area contributed by atoms with Crippen molar-refractivity contribution in [2.24, 2.45) is 0 Å². The van der Waals surface area contributed by atoms with E-state index in [1.165, 1.54) is 22.9 Å². The summed E-state index contributed by atoms with van der Waals surface area (Å²) >= 11 is 0. The van der Waals surface area contributed by atoms with Crippen LogP contribution in [0.5, 0.6) is 5.75 Å². The van der Waals surface area contributed by atoms with Gasteiger partial charge in [0.1, 0.15) is 12.3 Å². The number of nitrogens with zero attached hydrogens (tertiary/aromatic N) is 5. The number of ether oxygens (including phenoxy) is 2. The van der Waals surface area contributed by atoms with E-state index in [2.05, 4.69) is 30.5 Å². The Morgan fingerprint density at radius 3 is 2.82 bits per heavy atom. The SMILES string of the molecule is O=C(Cn1nnnc1CN1CCOCC1)NCc1cccc(OC(F)(F)F)c1. The van der Waals surface area contributed by atoms with Gasteiger partial charge >= 0.3 is 6.36 Å². The Labute approximate surface area is 158 Å². The lowest BCUT2D eigenvalue weighted by Crippen LogP contribution is -2.37. The number of aromatic nitrogens is 4. The molecule has 0 radical (unpaired) electrons. The maximum absolute atomic E-state index is 12.3. The number of morpholine rings is 1. The summed E-state index contributed by atoms with van der Waals surface area (Å²) in [6, 6.07) is 5.42. The van der Waals surface area contributed by atoms with E-state index in [0.29, 0.717) is 31.1 Å². The lowest BCUT2D eigenvalue weighted by molar-refractivity contribution is -0.274. The highest BCUT2D eigenvalue weighted by Gasteiger charge is 2.31. The summed E-state index contributed by atoms with van der Waals surface area (Å²) < 4.78 is 47.4. The molecule has 0 bridgehead atoms. The van der Waals surface area contributed by atoms with Gasteiger partial charge in [0, 0.05) is 19.6 Å². The van der Waals surface area contributed by atoms with Crippen LogP contribution in [0.2, 0.25) is 0 Å². The van der Waals surface area contributed by atoms with Gasteiger partial charge in [0.15, 0.2) is 5.82 Å². The molecule has 0 spiro atoms. The summed E-state index contributed by atoms with van der Waals surface area (Å²) in [5.74, 6) is -0.150. The van der Waals surface area contributed by atoms with Gasteiger partial charge in [-0.25, -0.2) is 4.68 Å². The minimum atomic E-state index is -4.77. The molecule has 9 nitrogen and oxygen atoms in total. The van der Waals surface area contributed by atoms with Crippen molar-refractivity contribution in [2.45, 2.75) is 26.0 Å². The highest BCUT2D eigenvalue weighted by molar-refractivity contribution is 5.75. The number of benzene rings is 1. The first-order valence-corrected chi connectivity index (χ1v) is 8.55. The van der Waals surface area contributed by atoms with Crippen molar-refractivity contribution in [3.05, 3.63) is 35.7 Å². The zero-order valence-corrected chi connectivity index (χ0v) is 14.9. The summed E-state index contributed by atoms with van der Waals surface area (Å²) in [4.78, 5) is 14.3. The van der Waals surface area contributed by atoms with Crippen molar-refractivity contribution in [2.75, 3.05) is 26.3 Å². The maximum atomic E-state index is 12.3. The topological polar surface area (TPSA) is 94.4 Å². The van der Waals surface area contributed by atoms with E-state index in [0.717, 1.165) is 13.1 Å². The van der Waals surface area contributed by atoms with E-state index >= 15 is 0 Å². The number of carbonyl (C=O) groups excluding carboxylic acids is 1. The fourth-order valence-corrected chi connectivity index (χ4v) is 2.66. The molecule has 152 valence electrons. The summed E-state index contributed by atoms with van der Waals surface area (Å²) in [7, 11) is 0. The van der Waals surface area contributed by atoms with Crippen LogP contribution in [0.25, 0.3) is 0 Å². The second-order valence-electron chi connectivity index (χ2n) is 6.11. The molecular formula is C16H19F3N6O3. The van der Waals surface area contributed by atoms with E-state index in [1.54, 1.807) is 6.07 Å². The fourth-order valence-electron chi connectivity index (χ4n) is 2.66. The molecule has 2 aromatic rings. The van der Waals surface area contributed by atoms with Gasteiger partial charge < -0.3 is 14.8 Å². The molecule has 1 aliphatic rings. The lowest BCUT2D eigenvalue weighted by Gasteiger charge is -2.25. The van der Waals surface area contributed by atoms with Crippen molar-refractivity contribution < 1.29 is 27.4 Å². The maximum Gasteiger partial charge on any atom is 0.573 e. The number of halogens is 3. The number of rotatable bonds is 7. The van der Waals surface area contributed by atoms with Crippen molar-refractivity contribution >= 4 is 5.91 Å². The second-order valence-corrected chi connectivity index (χ2v) is 6.11. The number of tetrazole rings is 1. The van der Waals surface area contributed by atoms with Gasteiger partial charge in [-0.2, -0.15) is 0 Å². The predicted octanol–water partition coefficient (Wildman–Crippen LogP) is 0.720. The molecular weight excluding hydrogens is 381 g/mol. The zero-order chi connectivity index (χ0) is 20.0. The third-order valence-electron chi connectivity index (χ3n) is 3.99. The van der Waals surface area contributed by atoms with E-state index in [1.807, 2.05) is 0 Å². The first-order chi connectivity index (χ1) is 13.4. The highest BCUT2D eigenvalue weighted by atomic mass is 19.4. The predicted molar refractivity (Wildman–Crippen MR) is 88.9 cm³/mol. The molecule has 0 unspecified atom stereocenters. The van der Waals surface area contributed by atoms with E-state index in [4.69, 9.17) is 4.74 Å². The highest BCUT2D eigenvalue weighted by Crippen LogP contribution is 2.23. The summed E-state index contributed by atoms with van der Waals surface area (Å²) in [5.41, 5.74) is 0.473. The van der Waals surface area contributed by atoms with Crippen LogP contribution in [0, 0.1) is 0 Å². The third kappa shape index (κ3) is 6.16. The molecule has 0 saturated carbocycles. The van der Waals surface area contributed by atoms with Crippen LogP contribution in [0.3, 0.4) is 0 Å². The van der Waals surface area contributed by atoms with Crippen LogP contribution >= 0.6 is 0 Å². The number of nitrogens with one attached hydrogen (secondary N) is 1. The molecule has 0 aliphatic carbocycles. The van der Waals surface area contributed by atoms with Crippen molar-refractivity contribution in [1.82, 2.24) is 30.4 Å². The Balaban J connectivity index is 1.51. The molecule has 1 amide bonds. The Bertz CT molecular complexity index is 792. The molecule has 28 heavy (non-hydrogen) atoms. The molecule has 3 rings (SSSR count). The van der Waals surface area contributed by atoms with Gasteiger partial charge in [-0.1, -0.05) is 12.1 Å². The summed E-state index contributed by atoms with van der Waals surface area (Å²) in [6.07, 6.45) is -4.77. The summed E-state index contributed by atoms with van der Waals surface area (Å²) in [6.45, 7) is 3.25. The molecule has 1 N–H and O–H groups in total. The van der Waals surface area contributed by atoms with Crippen LogP contribution in [-0.4, -0.2) is 63.7 Å². The number of carbonyl (C=O) groups is 1. The summed E-state index contributed by atoms with van der Waals surface area (Å²) in [5, 5.41) is 14.0. The molecule has 1 aromatic heterocycles. The lowest BCUT2D eigenvalue weighted by atomic mass is 10.2. The molecule has 1 aliphatic heterocycles. The number of hydrogen-bond donors (Lipinski definition) is 1. The quantitative estimate of drug-likeness (QED) is 0.732. The van der Waals surface area contributed by atoms with E-state index < -0.39 is 6.36 Å². The molecule has 0 atom stereocenters. The minimum absolute atomic E-state index is 0.0504. The number of alkyl halides is 3. The minimum Gasteiger partial charge on any atom is -0.406 e. The van der Waals surface area contributed by atoms with Crippen LogP contribution in [0.1, 0.15) is 11.4 Å². The Hall–Kier alpha value is -2.73. The number of hydrogen-bond acceptors (Lipinski definition) is 7. The van der Waals surface area contributed by atoms with Gasteiger partial charge in [0.05, 0.1) is 19.8 Å². The monoisotopic (exact) mass is 400 g/mol. The fraction of sp³-hybridized carbons (Fsp3) is 0.500. The van der Waals surface area contributed by atoms with Crippen molar-refractivity contribution in [3.63, 3.8) is 0 Å². The van der Waals surface area contributed by atoms with E-state index in [9.17, 15) is 18.0 Å². The van der Waals surface area contributed by atoms with Gasteiger partial charge in [-0.15, -0.1) is 18.3 Å². The van der Waals surface area contributed by atoms with Crippen molar-refractivity contribution in [3.8, 4) is 5.75 Å². The van der Waals surface area contributed by atoms with Crippen LogP contribution < -0.4 is 10.1 Å². The molecule has 12 heteroatoms. The van der Waals surface area contributed by atoms with Crippen LogP contribution in [-0.2, 0) is 29.2 Å². The van der Waals surface area contributed by atoms with Gasteiger partial charge in [0.25, 0.3) is 0 Å². The zero-order valence-electron chi connectivity index (χ0n) is 14.9. The van der Waals surface area contributed by atoms with Crippen molar-refractivity contribution in [1.29, 1.82) is 0 Å². The second kappa shape index (κ2) is 8.97. The largest absolute Gasteiger partial charge is 0.573 e. The molecule has 1 fully saturated rings. The normalized spacial score (nSPS) is 15.4. The van der Waals surface area contributed by atoms with Crippen LogP contribution in [0.15, 0.2) is 24.3 Å². The third-order valence-corrected chi connectivity index (χ3v) is 3.99. The Kier molecular flexibility index (Phi) is 6.41. The standard InChI is InChI=1S/C16H19F3N6O3/c17-16(18,19)28-13-3-1-2-12(8-13)9-20-15(26)11-25-14(21-22-23-25)10-24-4-6-27-7-5-24/h1-3,8H,4-7,9-11H2,(H,20,26). The molecule has 2 heterocycles. The average Bonchev–Trinajstić information content (AvgIpc) is 3.06. The Morgan fingerprint density at radius 2 is 2.07 bits per heavy atom. The van der Waals surface area contributed by atoms with E-state index in [-0.39, 0.29) is 24.7 Å². The first-order valence-electron chi connectivity index (χ1n) is 8.55. The Morgan fingerprint density at radius 1 is 1.29 bits per heavy atom. The van der Waals surface area contributed by atoms with Crippen LogP contribution in [0.4, 0.5) is 13.2 Å². The van der Waals surface area contributed by atoms with Gasteiger partial charge in [0.2, 0.25) is 5.91 Å². The van der Waals surface area contributed by atoms with Gasteiger partial charge in [-0.05, 0) is 28.1 Å². The smallest absolute Gasteiger partial charge is 0.406 e. The average molecular weight is 400 g/mol. The molecule has 1 aromatic carbocycles. The number of amides is 1. The first kappa shape index (κ1) is 20.0.